The van der Waals surface area contributed by atoms with E-state index < -0.39 is 23.4 Å². The van der Waals surface area contributed by atoms with Crippen molar-refractivity contribution in [3.05, 3.63) is 75.0 Å². The number of hydrogen-bond donors (Lipinski definition) is 1. The average molecular weight is 448 g/mol. The van der Waals surface area contributed by atoms with E-state index in [0.29, 0.717) is 4.88 Å². The minimum Gasteiger partial charge on any atom is -0.457 e. The fourth-order valence-corrected chi connectivity index (χ4v) is 4.30. The lowest BCUT2D eigenvalue weighted by atomic mass is 10.1. The van der Waals surface area contributed by atoms with E-state index in [1.165, 1.54) is 29.5 Å². The Morgan fingerprint density at radius 3 is 2.76 bits per heavy atom. The van der Waals surface area contributed by atoms with Crippen LogP contribution in [0.1, 0.15) is 15.4 Å². The Balaban J connectivity index is 1.53. The summed E-state index contributed by atoms with van der Waals surface area (Å²) in [6.07, 6.45) is 1.45. The molecule has 3 heterocycles. The largest absolute Gasteiger partial charge is 0.457 e. The number of thiophene rings is 1. The molecule has 0 aliphatic carbocycles. The lowest BCUT2D eigenvalue weighted by molar-refractivity contribution is -0.123. The zero-order valence-electron chi connectivity index (χ0n) is 14.3. The number of benzene rings is 1. The van der Waals surface area contributed by atoms with Crippen LogP contribution < -0.4 is 5.43 Å². The van der Waals surface area contributed by atoms with Crippen molar-refractivity contribution in [2.24, 2.45) is 0 Å². The monoisotopic (exact) mass is 448 g/mol. The van der Waals surface area contributed by atoms with Crippen LogP contribution in [0.2, 0.25) is 0 Å². The molecule has 1 aliphatic rings. The van der Waals surface area contributed by atoms with Gasteiger partial charge in [0.25, 0.3) is 11.8 Å². The third-order valence-electron chi connectivity index (χ3n) is 3.85. The third kappa shape index (κ3) is 4.00. The molecule has 3 aromatic rings. The summed E-state index contributed by atoms with van der Waals surface area (Å²) in [7, 11) is 0. The quantitative estimate of drug-likeness (QED) is 0.458. The lowest BCUT2D eigenvalue weighted by Gasteiger charge is -2.14. The van der Waals surface area contributed by atoms with Gasteiger partial charge in [-0.1, -0.05) is 17.8 Å². The molecule has 29 heavy (non-hydrogen) atoms. The summed E-state index contributed by atoms with van der Waals surface area (Å²) in [6.45, 7) is 0. The van der Waals surface area contributed by atoms with Gasteiger partial charge in [-0.25, -0.2) is 8.78 Å². The molecule has 1 saturated heterocycles. The first kappa shape index (κ1) is 19.5. The van der Waals surface area contributed by atoms with E-state index in [1.54, 1.807) is 23.6 Å². The molecule has 1 aromatic carbocycles. The molecule has 146 valence electrons. The zero-order chi connectivity index (χ0) is 20.5. The highest BCUT2D eigenvalue weighted by Gasteiger charge is 2.34. The molecule has 0 spiro atoms. The molecule has 0 radical (unpaired) electrons. The number of halogens is 2. The molecule has 1 aliphatic heterocycles. The molecular weight excluding hydrogens is 438 g/mol. The fraction of sp³-hybridized carbons (Fsp3) is 0. The van der Waals surface area contributed by atoms with E-state index in [1.807, 2.05) is 0 Å². The van der Waals surface area contributed by atoms with Gasteiger partial charge in [-0.05, 0) is 47.9 Å². The average Bonchev–Trinajstić information content (AvgIpc) is 3.41. The van der Waals surface area contributed by atoms with E-state index in [9.17, 15) is 18.4 Å². The maximum Gasteiger partial charge on any atom is 0.285 e. The molecule has 0 saturated carbocycles. The van der Waals surface area contributed by atoms with Crippen molar-refractivity contribution in [2.45, 2.75) is 0 Å². The van der Waals surface area contributed by atoms with Gasteiger partial charge >= 0.3 is 0 Å². The van der Waals surface area contributed by atoms with Crippen molar-refractivity contribution in [1.29, 1.82) is 0 Å². The minimum atomic E-state index is -0.756. The van der Waals surface area contributed by atoms with E-state index >= 15 is 0 Å². The van der Waals surface area contributed by atoms with Gasteiger partial charge in [0.2, 0.25) is 0 Å². The Labute approximate surface area is 177 Å². The Hall–Kier alpha value is -2.82. The number of furan rings is 1. The molecule has 1 fully saturated rings. The molecule has 0 bridgehead atoms. The molecule has 5 nitrogen and oxygen atoms in total. The minimum absolute atomic E-state index is 0.0989. The van der Waals surface area contributed by atoms with Gasteiger partial charge in [-0.3, -0.25) is 15.0 Å². The van der Waals surface area contributed by atoms with Gasteiger partial charge < -0.3 is 4.42 Å². The summed E-state index contributed by atoms with van der Waals surface area (Å²) in [5.74, 6) is -1.91. The van der Waals surface area contributed by atoms with E-state index in [4.69, 9.17) is 16.6 Å². The number of nitrogens with zero attached hydrogens (tertiary/aromatic N) is 1. The van der Waals surface area contributed by atoms with Crippen molar-refractivity contribution >= 4 is 57.5 Å². The number of amides is 2. The number of hydrogen-bond acceptors (Lipinski definition) is 6. The summed E-state index contributed by atoms with van der Waals surface area (Å²) in [6, 6.07) is 9.58. The number of rotatable bonds is 4. The Bertz CT molecular complexity index is 1160. The number of thiocarbonyl (C=S) groups is 1. The van der Waals surface area contributed by atoms with Crippen molar-refractivity contribution in [2.75, 3.05) is 0 Å². The van der Waals surface area contributed by atoms with Crippen LogP contribution in [0.3, 0.4) is 0 Å². The topological polar surface area (TPSA) is 62.6 Å². The first-order valence-corrected chi connectivity index (χ1v) is 10.2. The van der Waals surface area contributed by atoms with Gasteiger partial charge in [0.15, 0.2) is 4.32 Å². The van der Waals surface area contributed by atoms with Gasteiger partial charge in [0.05, 0.1) is 15.3 Å². The maximum absolute atomic E-state index is 13.9. The number of hydrazine groups is 1. The van der Waals surface area contributed by atoms with E-state index in [2.05, 4.69) is 5.43 Å². The second-order valence-electron chi connectivity index (χ2n) is 5.76. The van der Waals surface area contributed by atoms with Crippen molar-refractivity contribution < 1.29 is 22.8 Å². The van der Waals surface area contributed by atoms with Gasteiger partial charge in [0, 0.05) is 12.1 Å². The fourth-order valence-electron chi connectivity index (χ4n) is 2.52. The predicted molar refractivity (Wildman–Crippen MR) is 111 cm³/mol. The molecular formula is C19H10F2N2O3S3. The van der Waals surface area contributed by atoms with E-state index in [-0.39, 0.29) is 26.3 Å². The van der Waals surface area contributed by atoms with Crippen molar-refractivity contribution in [3.63, 3.8) is 0 Å². The number of nitrogens with one attached hydrogen (secondary N) is 1. The van der Waals surface area contributed by atoms with Crippen molar-refractivity contribution in [1.82, 2.24) is 10.4 Å². The van der Waals surface area contributed by atoms with Gasteiger partial charge in [-0.2, -0.15) is 5.01 Å². The molecule has 2 amide bonds. The molecule has 2 aromatic heterocycles. The Morgan fingerprint density at radius 2 is 2.03 bits per heavy atom. The SMILES string of the molecule is O=C(NN1C(=O)/C(=C\c2ccc(-c3ccc(F)cc3F)o2)SC1=S)c1cccs1. The number of carbonyl (C=O) groups excluding carboxylic acids is 2. The summed E-state index contributed by atoms with van der Waals surface area (Å²) < 4.78 is 32.7. The zero-order valence-corrected chi connectivity index (χ0v) is 16.8. The highest BCUT2D eigenvalue weighted by atomic mass is 32.2. The predicted octanol–water partition coefficient (Wildman–Crippen LogP) is 4.83. The first-order chi connectivity index (χ1) is 13.9. The van der Waals surface area contributed by atoms with Crippen LogP contribution in [0.15, 0.2) is 57.2 Å². The van der Waals surface area contributed by atoms with Crippen LogP contribution in [0.25, 0.3) is 17.4 Å². The highest BCUT2D eigenvalue weighted by molar-refractivity contribution is 8.26. The van der Waals surface area contributed by atoms with Gasteiger partial charge in [-0.15, -0.1) is 11.3 Å². The summed E-state index contributed by atoms with van der Waals surface area (Å²) in [4.78, 5) is 25.4. The molecule has 4 rings (SSSR count). The van der Waals surface area contributed by atoms with Crippen molar-refractivity contribution in [3.8, 4) is 11.3 Å². The smallest absolute Gasteiger partial charge is 0.285 e. The molecule has 1 N–H and O–H groups in total. The normalized spacial score (nSPS) is 15.4. The van der Waals surface area contributed by atoms with Crippen LogP contribution in [0.5, 0.6) is 0 Å². The van der Waals surface area contributed by atoms with Crippen LogP contribution in [-0.2, 0) is 4.79 Å². The third-order valence-corrected chi connectivity index (χ3v) is 6.02. The lowest BCUT2D eigenvalue weighted by Crippen LogP contribution is -2.44. The molecule has 0 atom stereocenters. The standard InChI is InChI=1S/C19H10F2N2O3S3/c20-10-3-5-12(13(21)8-10)14-6-4-11(26-14)9-16-18(25)23(19(27)29-16)22-17(24)15-2-1-7-28-15/h1-9H,(H,22,24)/b16-9+. The van der Waals surface area contributed by atoms with Crippen LogP contribution >= 0.6 is 35.3 Å². The number of carbonyl (C=O) groups is 2. The summed E-state index contributed by atoms with van der Waals surface area (Å²) in [5.41, 5.74) is 2.58. The highest BCUT2D eigenvalue weighted by Crippen LogP contribution is 2.33. The van der Waals surface area contributed by atoms with E-state index in [0.717, 1.165) is 28.9 Å². The molecule has 0 unspecified atom stereocenters. The van der Waals surface area contributed by atoms with Crippen LogP contribution in [-0.4, -0.2) is 21.1 Å². The Kier molecular flexibility index (Phi) is 5.31. The number of thioether (sulfide) groups is 1. The summed E-state index contributed by atoms with van der Waals surface area (Å²) in [5, 5.41) is 2.74. The maximum atomic E-state index is 13.9. The van der Waals surface area contributed by atoms with Crippen LogP contribution in [0.4, 0.5) is 8.78 Å². The second kappa shape index (κ2) is 7.90. The first-order valence-electron chi connectivity index (χ1n) is 8.10. The summed E-state index contributed by atoms with van der Waals surface area (Å²) >= 11 is 7.41. The Morgan fingerprint density at radius 1 is 1.21 bits per heavy atom. The van der Waals surface area contributed by atoms with Crippen LogP contribution in [0, 0.1) is 11.6 Å². The second-order valence-corrected chi connectivity index (χ2v) is 8.38. The molecule has 10 heteroatoms. The van der Waals surface area contributed by atoms with Gasteiger partial charge in [0.1, 0.15) is 23.2 Å².